The van der Waals surface area contributed by atoms with E-state index < -0.39 is 33.6 Å². The third-order valence-corrected chi connectivity index (χ3v) is 2.16. The number of hydrogen-bond donors (Lipinski definition) is 2. The third kappa shape index (κ3) is 3.50. The Hall–Kier alpha value is -0.143. The normalized spacial score (nSPS) is 14.0. The molecule has 0 bridgehead atoms. The topological polar surface area (TPSA) is 40.5 Å². The maximum absolute atomic E-state index is 12.3. The summed E-state index contributed by atoms with van der Waals surface area (Å²) in [4.78, 5) is 16.6. The van der Waals surface area contributed by atoms with Gasteiger partial charge in [-0.15, -0.1) is 0 Å². The number of alkyl halides is 4. The molecule has 0 fully saturated rings. The highest BCUT2D eigenvalue weighted by molar-refractivity contribution is 6.40. The highest BCUT2D eigenvalue weighted by Crippen LogP contribution is 2.37. The minimum atomic E-state index is -4.15. The van der Waals surface area contributed by atoms with E-state index in [-0.39, 0.29) is 6.92 Å². The summed E-state index contributed by atoms with van der Waals surface area (Å²) in [6, 6.07) is -0.629. The SMILES string of the molecule is CC(F)(F)C(F)(F)CC[SiH](O)O. The maximum atomic E-state index is 12.3. The quantitative estimate of drug-likeness (QED) is 0.529. The van der Waals surface area contributed by atoms with E-state index in [1.165, 1.54) is 0 Å². The van der Waals surface area contributed by atoms with Crippen LogP contribution in [0.15, 0.2) is 0 Å². The fourth-order valence-electron chi connectivity index (χ4n) is 0.530. The van der Waals surface area contributed by atoms with Gasteiger partial charge in [0.15, 0.2) is 0 Å². The van der Waals surface area contributed by atoms with Gasteiger partial charge in [0.1, 0.15) is 0 Å². The van der Waals surface area contributed by atoms with Crippen molar-refractivity contribution >= 4 is 9.28 Å². The van der Waals surface area contributed by atoms with E-state index in [4.69, 9.17) is 9.59 Å². The summed E-state index contributed by atoms with van der Waals surface area (Å²) in [7, 11) is -3.16. The van der Waals surface area contributed by atoms with E-state index in [1.54, 1.807) is 0 Å². The summed E-state index contributed by atoms with van der Waals surface area (Å²) in [6.07, 6.45) is -1.18. The minimum absolute atomic E-state index is 0.109. The summed E-state index contributed by atoms with van der Waals surface area (Å²) in [6.45, 7) is 0.109. The van der Waals surface area contributed by atoms with Crippen molar-refractivity contribution in [2.45, 2.75) is 31.2 Å². The van der Waals surface area contributed by atoms with Gasteiger partial charge < -0.3 is 9.59 Å². The molecule has 0 heterocycles. The lowest BCUT2D eigenvalue weighted by molar-refractivity contribution is -0.198. The molecule has 0 aromatic carbocycles. The Kier molecular flexibility index (Phi) is 3.67. The van der Waals surface area contributed by atoms with Crippen LogP contribution in [0.5, 0.6) is 0 Å². The van der Waals surface area contributed by atoms with Gasteiger partial charge >= 0.3 is 21.1 Å². The van der Waals surface area contributed by atoms with E-state index in [0.717, 1.165) is 0 Å². The second-order valence-corrected chi connectivity index (χ2v) is 4.15. The van der Waals surface area contributed by atoms with Crippen molar-refractivity contribution in [3.05, 3.63) is 0 Å². The summed E-state index contributed by atoms with van der Waals surface area (Å²) in [5, 5.41) is 0. The lowest BCUT2D eigenvalue weighted by atomic mass is 10.1. The highest BCUT2D eigenvalue weighted by atomic mass is 28.3. The molecule has 2 nitrogen and oxygen atoms in total. The average Bonchev–Trinajstić information content (AvgIpc) is 1.81. The van der Waals surface area contributed by atoms with Gasteiger partial charge in [-0.1, -0.05) is 0 Å². The second kappa shape index (κ2) is 3.71. The van der Waals surface area contributed by atoms with Crippen LogP contribution in [0.1, 0.15) is 13.3 Å². The zero-order valence-electron chi connectivity index (χ0n) is 6.40. The molecule has 0 aliphatic rings. The van der Waals surface area contributed by atoms with Crippen LogP contribution < -0.4 is 0 Å². The van der Waals surface area contributed by atoms with Gasteiger partial charge in [0.2, 0.25) is 0 Å². The van der Waals surface area contributed by atoms with Gasteiger partial charge in [0.05, 0.1) is 0 Å². The van der Waals surface area contributed by atoms with Crippen LogP contribution in [-0.2, 0) is 0 Å². The Morgan fingerprint density at radius 3 is 1.83 bits per heavy atom. The molecule has 2 N–H and O–H groups in total. The van der Waals surface area contributed by atoms with Crippen LogP contribution in [0, 0.1) is 0 Å². The van der Waals surface area contributed by atoms with Crippen LogP contribution in [0.25, 0.3) is 0 Å². The molecular formula is C5H10F4O2Si. The molecule has 0 radical (unpaired) electrons. The van der Waals surface area contributed by atoms with Crippen molar-refractivity contribution in [3.8, 4) is 0 Å². The molecule has 0 amide bonds. The summed E-state index contributed by atoms with van der Waals surface area (Å²) in [5.41, 5.74) is 0. The van der Waals surface area contributed by atoms with Gasteiger partial charge in [-0.2, -0.15) is 8.78 Å². The first-order chi connectivity index (χ1) is 5.17. The lowest BCUT2D eigenvalue weighted by Gasteiger charge is -2.22. The minimum Gasteiger partial charge on any atom is -0.413 e. The summed E-state index contributed by atoms with van der Waals surface area (Å²) in [5.74, 6) is -8.25. The average molecular weight is 206 g/mol. The van der Waals surface area contributed by atoms with Crippen molar-refractivity contribution in [3.63, 3.8) is 0 Å². The molecule has 0 spiro atoms. The fourth-order valence-corrected chi connectivity index (χ4v) is 1.15. The van der Waals surface area contributed by atoms with E-state index in [0.29, 0.717) is 0 Å². The van der Waals surface area contributed by atoms with Crippen molar-refractivity contribution in [1.82, 2.24) is 0 Å². The van der Waals surface area contributed by atoms with E-state index in [2.05, 4.69) is 0 Å². The van der Waals surface area contributed by atoms with Crippen molar-refractivity contribution in [2.75, 3.05) is 0 Å². The third-order valence-electron chi connectivity index (χ3n) is 1.36. The molecular weight excluding hydrogens is 196 g/mol. The van der Waals surface area contributed by atoms with Gasteiger partial charge in [-0.3, -0.25) is 0 Å². The molecule has 0 saturated carbocycles. The first-order valence-corrected chi connectivity index (χ1v) is 5.13. The van der Waals surface area contributed by atoms with E-state index >= 15 is 0 Å². The van der Waals surface area contributed by atoms with Crippen LogP contribution in [0.3, 0.4) is 0 Å². The molecule has 0 aromatic heterocycles. The van der Waals surface area contributed by atoms with Gasteiger partial charge in [0, 0.05) is 13.3 Å². The predicted octanol–water partition coefficient (Wildman–Crippen LogP) is 0.872. The second-order valence-electron chi connectivity index (χ2n) is 2.61. The molecule has 0 aliphatic heterocycles. The zero-order chi connectivity index (χ0) is 9.99. The van der Waals surface area contributed by atoms with Gasteiger partial charge in [0.25, 0.3) is 0 Å². The Morgan fingerprint density at radius 2 is 1.58 bits per heavy atom. The molecule has 0 unspecified atom stereocenters. The molecule has 74 valence electrons. The summed E-state index contributed by atoms with van der Waals surface area (Å²) < 4.78 is 48.8. The first kappa shape index (κ1) is 11.9. The van der Waals surface area contributed by atoms with Crippen molar-refractivity contribution in [2.24, 2.45) is 0 Å². The Morgan fingerprint density at radius 1 is 1.17 bits per heavy atom. The van der Waals surface area contributed by atoms with Crippen LogP contribution in [0.2, 0.25) is 6.04 Å². The number of halogens is 4. The smallest absolute Gasteiger partial charge is 0.316 e. The standard InChI is InChI=1S/C5H10F4O2Si/c1-4(6,7)5(8,9)2-3-12(10)11/h10-12H,2-3H2,1H3. The molecule has 0 rings (SSSR count). The molecule has 0 aliphatic carbocycles. The highest BCUT2D eigenvalue weighted by Gasteiger charge is 2.51. The van der Waals surface area contributed by atoms with Crippen LogP contribution in [-0.4, -0.2) is 30.7 Å². The Labute approximate surface area is 68.7 Å². The fraction of sp³-hybridized carbons (Fsp3) is 1.00. The van der Waals surface area contributed by atoms with E-state index in [1.807, 2.05) is 0 Å². The molecule has 12 heavy (non-hydrogen) atoms. The van der Waals surface area contributed by atoms with E-state index in [9.17, 15) is 17.6 Å². The monoisotopic (exact) mass is 206 g/mol. The largest absolute Gasteiger partial charge is 0.413 e. The van der Waals surface area contributed by atoms with Gasteiger partial charge in [-0.25, -0.2) is 8.78 Å². The first-order valence-electron chi connectivity index (χ1n) is 3.28. The lowest BCUT2D eigenvalue weighted by Crippen LogP contribution is -2.38. The predicted molar refractivity (Wildman–Crippen MR) is 36.6 cm³/mol. The maximum Gasteiger partial charge on any atom is 0.316 e. The Bertz CT molecular complexity index is 145. The number of rotatable bonds is 4. The molecule has 0 saturated heterocycles. The van der Waals surface area contributed by atoms with Gasteiger partial charge in [-0.05, 0) is 6.04 Å². The van der Waals surface area contributed by atoms with Crippen molar-refractivity contribution < 1.29 is 27.2 Å². The van der Waals surface area contributed by atoms with Crippen LogP contribution >= 0.6 is 0 Å². The Balaban J connectivity index is 4.05. The molecule has 0 aromatic rings. The molecule has 0 atom stereocenters. The number of hydrogen-bond acceptors (Lipinski definition) is 2. The summed E-state index contributed by atoms with van der Waals surface area (Å²) >= 11 is 0. The zero-order valence-corrected chi connectivity index (χ0v) is 7.55. The molecule has 7 heteroatoms. The van der Waals surface area contributed by atoms with Crippen LogP contribution in [0.4, 0.5) is 17.6 Å². The van der Waals surface area contributed by atoms with Crippen molar-refractivity contribution in [1.29, 1.82) is 0 Å².